The smallest absolute Gasteiger partial charge is 0.0474 e. The first-order chi connectivity index (χ1) is 5.83. The first-order valence-corrected chi connectivity index (χ1v) is 5.18. The third-order valence-corrected chi connectivity index (χ3v) is 3.13. The minimum atomic E-state index is 0.376. The molecule has 2 atom stereocenters. The number of aliphatic hydroxyl groups excluding tert-OH is 1. The van der Waals surface area contributed by atoms with E-state index in [0.717, 1.165) is 13.1 Å². The number of hydrogen-bond acceptors (Lipinski definition) is 2. The average molecular weight is 171 g/mol. The molecule has 0 aromatic rings. The molecule has 0 aromatic carbocycles. The molecule has 12 heavy (non-hydrogen) atoms. The Labute approximate surface area is 75.6 Å². The highest BCUT2D eigenvalue weighted by Crippen LogP contribution is 2.29. The summed E-state index contributed by atoms with van der Waals surface area (Å²) in [6.07, 6.45) is 3.80. The molecular weight excluding hydrogens is 150 g/mol. The summed E-state index contributed by atoms with van der Waals surface area (Å²) in [5.41, 5.74) is 0. The molecule has 1 rings (SSSR count). The quantitative estimate of drug-likeness (QED) is 0.692. The van der Waals surface area contributed by atoms with Gasteiger partial charge in [-0.05, 0) is 31.8 Å². The number of nitrogens with zero attached hydrogens (tertiary/aromatic N) is 1. The van der Waals surface area contributed by atoms with Gasteiger partial charge in [0.2, 0.25) is 0 Å². The summed E-state index contributed by atoms with van der Waals surface area (Å²) in [5, 5.41) is 9.15. The highest BCUT2D eigenvalue weighted by Gasteiger charge is 2.29. The number of aliphatic hydroxyl groups is 1. The Morgan fingerprint density at radius 1 is 1.25 bits per heavy atom. The second kappa shape index (κ2) is 4.83. The summed E-state index contributed by atoms with van der Waals surface area (Å²) in [5.74, 6) is 0.546. The lowest BCUT2D eigenvalue weighted by molar-refractivity contribution is 0.126. The zero-order valence-corrected chi connectivity index (χ0v) is 8.29. The van der Waals surface area contributed by atoms with Crippen LogP contribution in [-0.2, 0) is 0 Å². The third-order valence-electron chi connectivity index (χ3n) is 3.13. The summed E-state index contributed by atoms with van der Waals surface area (Å²) < 4.78 is 0. The highest BCUT2D eigenvalue weighted by molar-refractivity contribution is 4.84. The van der Waals surface area contributed by atoms with Gasteiger partial charge < -0.3 is 10.0 Å². The standard InChI is InChI=1S/C10H21NO/c1-3-11(4-2)10-7-5-6-9(10)8-12/h9-10,12H,3-8H2,1-2H3. The van der Waals surface area contributed by atoms with Gasteiger partial charge in [-0.15, -0.1) is 0 Å². The predicted molar refractivity (Wildman–Crippen MR) is 51.1 cm³/mol. The SMILES string of the molecule is CCN(CC)C1CCCC1CO. The van der Waals surface area contributed by atoms with Crippen molar-refractivity contribution in [3.63, 3.8) is 0 Å². The van der Waals surface area contributed by atoms with Crippen molar-refractivity contribution in [3.8, 4) is 0 Å². The zero-order valence-electron chi connectivity index (χ0n) is 8.29. The van der Waals surface area contributed by atoms with Crippen molar-refractivity contribution < 1.29 is 5.11 Å². The van der Waals surface area contributed by atoms with Gasteiger partial charge in [0.25, 0.3) is 0 Å². The molecule has 1 fully saturated rings. The molecule has 0 heterocycles. The molecule has 0 bridgehead atoms. The minimum Gasteiger partial charge on any atom is -0.396 e. The number of hydrogen-bond donors (Lipinski definition) is 1. The Bertz CT molecular complexity index is 123. The van der Waals surface area contributed by atoms with Gasteiger partial charge in [0.15, 0.2) is 0 Å². The molecule has 0 radical (unpaired) electrons. The van der Waals surface area contributed by atoms with Crippen molar-refractivity contribution in [2.75, 3.05) is 19.7 Å². The van der Waals surface area contributed by atoms with Crippen LogP contribution in [0.15, 0.2) is 0 Å². The normalized spacial score (nSPS) is 30.0. The van der Waals surface area contributed by atoms with Crippen molar-refractivity contribution >= 4 is 0 Å². The van der Waals surface area contributed by atoms with Gasteiger partial charge in [0.1, 0.15) is 0 Å². The van der Waals surface area contributed by atoms with Crippen LogP contribution in [0.1, 0.15) is 33.1 Å². The molecule has 0 aliphatic heterocycles. The van der Waals surface area contributed by atoms with E-state index in [1.54, 1.807) is 0 Å². The molecule has 2 unspecified atom stereocenters. The summed E-state index contributed by atoms with van der Waals surface area (Å²) >= 11 is 0. The van der Waals surface area contributed by atoms with E-state index < -0.39 is 0 Å². The molecule has 0 saturated heterocycles. The highest BCUT2D eigenvalue weighted by atomic mass is 16.3. The van der Waals surface area contributed by atoms with Crippen LogP contribution in [0.4, 0.5) is 0 Å². The molecule has 0 amide bonds. The first-order valence-electron chi connectivity index (χ1n) is 5.18. The van der Waals surface area contributed by atoms with Gasteiger partial charge >= 0.3 is 0 Å². The molecular formula is C10H21NO. The largest absolute Gasteiger partial charge is 0.396 e. The van der Waals surface area contributed by atoms with E-state index >= 15 is 0 Å². The molecule has 0 aromatic heterocycles. The Morgan fingerprint density at radius 3 is 2.42 bits per heavy atom. The maximum absolute atomic E-state index is 9.15. The molecule has 1 aliphatic rings. The van der Waals surface area contributed by atoms with Gasteiger partial charge in [0.05, 0.1) is 0 Å². The van der Waals surface area contributed by atoms with E-state index in [1.165, 1.54) is 19.3 Å². The second-order valence-electron chi connectivity index (χ2n) is 3.66. The molecule has 72 valence electrons. The van der Waals surface area contributed by atoms with Crippen LogP contribution >= 0.6 is 0 Å². The summed E-state index contributed by atoms with van der Waals surface area (Å²) in [7, 11) is 0. The van der Waals surface area contributed by atoms with Gasteiger partial charge in [0, 0.05) is 12.6 Å². The lowest BCUT2D eigenvalue weighted by Crippen LogP contribution is -2.38. The fourth-order valence-corrected chi connectivity index (χ4v) is 2.40. The molecule has 1 N–H and O–H groups in total. The van der Waals surface area contributed by atoms with E-state index in [9.17, 15) is 0 Å². The molecule has 2 heteroatoms. The maximum atomic E-state index is 9.15. The summed E-state index contributed by atoms with van der Waals surface area (Å²) in [4.78, 5) is 2.48. The van der Waals surface area contributed by atoms with E-state index in [-0.39, 0.29) is 0 Å². The summed E-state index contributed by atoms with van der Waals surface area (Å²) in [6, 6.07) is 0.657. The Kier molecular flexibility index (Phi) is 4.02. The molecule has 0 spiro atoms. The summed E-state index contributed by atoms with van der Waals surface area (Å²) in [6.45, 7) is 7.03. The van der Waals surface area contributed by atoms with Crippen molar-refractivity contribution in [2.24, 2.45) is 5.92 Å². The van der Waals surface area contributed by atoms with Crippen molar-refractivity contribution in [1.82, 2.24) is 4.90 Å². The monoisotopic (exact) mass is 171 g/mol. The number of rotatable bonds is 4. The Balaban J connectivity index is 2.47. The maximum Gasteiger partial charge on any atom is 0.0474 e. The Morgan fingerprint density at radius 2 is 1.92 bits per heavy atom. The molecule has 1 saturated carbocycles. The van der Waals surface area contributed by atoms with Crippen LogP contribution in [0, 0.1) is 5.92 Å². The van der Waals surface area contributed by atoms with E-state index in [2.05, 4.69) is 18.7 Å². The van der Waals surface area contributed by atoms with Crippen LogP contribution in [0.5, 0.6) is 0 Å². The zero-order chi connectivity index (χ0) is 8.97. The predicted octanol–water partition coefficient (Wildman–Crippen LogP) is 1.49. The fraction of sp³-hybridized carbons (Fsp3) is 1.00. The average Bonchev–Trinajstić information content (AvgIpc) is 2.55. The van der Waals surface area contributed by atoms with Crippen LogP contribution in [0.2, 0.25) is 0 Å². The first kappa shape index (κ1) is 10.0. The Hall–Kier alpha value is -0.0800. The lowest BCUT2D eigenvalue weighted by Gasteiger charge is -2.30. The lowest BCUT2D eigenvalue weighted by atomic mass is 10.0. The minimum absolute atomic E-state index is 0.376. The molecule has 1 aliphatic carbocycles. The van der Waals surface area contributed by atoms with E-state index in [0.29, 0.717) is 18.6 Å². The van der Waals surface area contributed by atoms with Gasteiger partial charge in [-0.2, -0.15) is 0 Å². The topological polar surface area (TPSA) is 23.5 Å². The second-order valence-corrected chi connectivity index (χ2v) is 3.66. The van der Waals surface area contributed by atoms with E-state index in [1.807, 2.05) is 0 Å². The fourth-order valence-electron chi connectivity index (χ4n) is 2.40. The van der Waals surface area contributed by atoms with Crippen LogP contribution < -0.4 is 0 Å². The van der Waals surface area contributed by atoms with Crippen molar-refractivity contribution in [3.05, 3.63) is 0 Å². The van der Waals surface area contributed by atoms with Gasteiger partial charge in [-0.1, -0.05) is 20.3 Å². The third kappa shape index (κ3) is 1.99. The van der Waals surface area contributed by atoms with E-state index in [4.69, 9.17) is 5.11 Å². The van der Waals surface area contributed by atoms with Gasteiger partial charge in [-0.25, -0.2) is 0 Å². The van der Waals surface area contributed by atoms with Crippen molar-refractivity contribution in [1.29, 1.82) is 0 Å². The molecule has 2 nitrogen and oxygen atoms in total. The van der Waals surface area contributed by atoms with Crippen molar-refractivity contribution in [2.45, 2.75) is 39.2 Å². The van der Waals surface area contributed by atoms with Crippen LogP contribution in [-0.4, -0.2) is 35.7 Å². The van der Waals surface area contributed by atoms with Crippen LogP contribution in [0.25, 0.3) is 0 Å². The van der Waals surface area contributed by atoms with Crippen LogP contribution in [0.3, 0.4) is 0 Å². The van der Waals surface area contributed by atoms with Gasteiger partial charge in [-0.3, -0.25) is 0 Å².